The van der Waals surface area contributed by atoms with E-state index in [0.717, 1.165) is 17.7 Å². The van der Waals surface area contributed by atoms with Gasteiger partial charge in [-0.05, 0) is 72.8 Å². The third-order valence-corrected chi connectivity index (χ3v) is 6.59. The van der Waals surface area contributed by atoms with Crippen LogP contribution in [0.2, 0.25) is 0 Å². The second-order valence-corrected chi connectivity index (χ2v) is 9.69. The molecule has 5 rings (SSSR count). The van der Waals surface area contributed by atoms with Gasteiger partial charge in [-0.3, -0.25) is 0 Å². The number of aryl methyl sites for hydroxylation is 2. The van der Waals surface area contributed by atoms with Crippen LogP contribution < -0.4 is 4.74 Å². The highest BCUT2D eigenvalue weighted by Gasteiger charge is 2.42. The average molecular weight is 600 g/mol. The molecule has 218 valence electrons. The van der Waals surface area contributed by atoms with Crippen molar-refractivity contribution in [1.82, 2.24) is 0 Å². The van der Waals surface area contributed by atoms with Gasteiger partial charge in [-0.1, -0.05) is 29.5 Å². The molecule has 0 amide bonds. The number of hydrogen-bond acceptors (Lipinski definition) is 1. The minimum Gasteiger partial charge on any atom is -0.429 e. The van der Waals surface area contributed by atoms with Crippen LogP contribution in [-0.2, 0) is 6.11 Å². The molecule has 0 aromatic heterocycles. The Kier molecular flexibility index (Phi) is 7.61. The molecule has 0 saturated heterocycles. The molecule has 0 spiro atoms. The Morgan fingerprint density at radius 2 is 1.28 bits per heavy atom. The third-order valence-electron chi connectivity index (χ3n) is 6.59. The first-order valence-electron chi connectivity index (χ1n) is 12.5. The molecule has 0 fully saturated rings. The smallest absolute Gasteiger partial charge is 0.429 e. The van der Waals surface area contributed by atoms with Crippen molar-refractivity contribution >= 4 is 10.8 Å². The van der Waals surface area contributed by atoms with E-state index < -0.39 is 68.9 Å². The maximum atomic E-state index is 15.3. The molecule has 0 saturated carbocycles. The van der Waals surface area contributed by atoms with Crippen molar-refractivity contribution in [3.63, 3.8) is 0 Å². The van der Waals surface area contributed by atoms with Gasteiger partial charge in [0.2, 0.25) is 0 Å². The molecular formula is C33H17F9O. The van der Waals surface area contributed by atoms with Gasteiger partial charge in [0.25, 0.3) is 0 Å². The molecule has 0 aliphatic heterocycles. The summed E-state index contributed by atoms with van der Waals surface area (Å²) in [6.07, 6.45) is -4.91. The van der Waals surface area contributed by atoms with Gasteiger partial charge >= 0.3 is 6.11 Å². The van der Waals surface area contributed by atoms with Gasteiger partial charge in [0.15, 0.2) is 17.5 Å². The van der Waals surface area contributed by atoms with Gasteiger partial charge in [-0.15, -0.1) is 0 Å². The predicted octanol–water partition coefficient (Wildman–Crippen LogP) is 9.63. The average Bonchev–Trinajstić information content (AvgIpc) is 2.91. The van der Waals surface area contributed by atoms with E-state index >= 15 is 13.2 Å². The Balaban J connectivity index is 1.53. The lowest BCUT2D eigenvalue weighted by Crippen LogP contribution is -2.25. The Hall–Kier alpha value is -4.91. The van der Waals surface area contributed by atoms with Crippen LogP contribution >= 0.6 is 0 Å². The lowest BCUT2D eigenvalue weighted by molar-refractivity contribution is -0.189. The Morgan fingerprint density at radius 1 is 0.628 bits per heavy atom. The molecule has 0 N–H and O–H groups in total. The second-order valence-electron chi connectivity index (χ2n) is 9.69. The third kappa shape index (κ3) is 5.75. The summed E-state index contributed by atoms with van der Waals surface area (Å²) >= 11 is 0. The van der Waals surface area contributed by atoms with Crippen molar-refractivity contribution in [3.05, 3.63) is 135 Å². The summed E-state index contributed by atoms with van der Waals surface area (Å²) in [5.74, 6) is -7.48. The van der Waals surface area contributed by atoms with Crippen LogP contribution in [-0.4, -0.2) is 0 Å². The van der Waals surface area contributed by atoms with Crippen LogP contribution in [0.25, 0.3) is 21.9 Å². The molecule has 0 unspecified atom stereocenters. The van der Waals surface area contributed by atoms with Gasteiger partial charge < -0.3 is 4.74 Å². The molecule has 5 aromatic carbocycles. The maximum Gasteiger partial charge on any atom is 0.432 e. The lowest BCUT2D eigenvalue weighted by atomic mass is 9.95. The molecule has 0 radical (unpaired) electrons. The van der Waals surface area contributed by atoms with Crippen molar-refractivity contribution in [3.8, 4) is 28.7 Å². The Labute approximate surface area is 239 Å². The summed E-state index contributed by atoms with van der Waals surface area (Å²) in [5.41, 5.74) is 0.241. The van der Waals surface area contributed by atoms with Crippen LogP contribution in [0.3, 0.4) is 0 Å². The SMILES string of the molecule is Cc1ccc(C#Cc2cc(F)c(-c3cc(F)c4c(F)c(C(F)(F)Oc5cc(F)c(F)c(F)c5)c(F)cc4c3)cc2C)cc1. The van der Waals surface area contributed by atoms with Crippen LogP contribution in [0.15, 0.2) is 66.7 Å². The van der Waals surface area contributed by atoms with Gasteiger partial charge in [-0.2, -0.15) is 8.78 Å². The Bertz CT molecular complexity index is 1950. The molecule has 43 heavy (non-hydrogen) atoms. The second kappa shape index (κ2) is 11.1. The number of halogens is 9. The van der Waals surface area contributed by atoms with Crippen LogP contribution in [0.4, 0.5) is 39.5 Å². The van der Waals surface area contributed by atoms with E-state index in [4.69, 9.17) is 0 Å². The van der Waals surface area contributed by atoms with E-state index in [1.54, 1.807) is 19.1 Å². The van der Waals surface area contributed by atoms with Crippen molar-refractivity contribution in [2.24, 2.45) is 0 Å². The van der Waals surface area contributed by atoms with E-state index in [-0.39, 0.29) is 23.3 Å². The molecule has 0 heterocycles. The van der Waals surface area contributed by atoms with Gasteiger partial charge in [0.1, 0.15) is 34.6 Å². The zero-order valence-electron chi connectivity index (χ0n) is 22.2. The maximum absolute atomic E-state index is 15.3. The Morgan fingerprint density at radius 3 is 1.93 bits per heavy atom. The molecule has 0 atom stereocenters. The van der Waals surface area contributed by atoms with Crippen molar-refractivity contribution < 1.29 is 44.3 Å². The monoisotopic (exact) mass is 600 g/mol. The highest BCUT2D eigenvalue weighted by Crippen LogP contribution is 2.40. The van der Waals surface area contributed by atoms with Crippen molar-refractivity contribution in [2.45, 2.75) is 20.0 Å². The van der Waals surface area contributed by atoms with Gasteiger partial charge in [0, 0.05) is 28.8 Å². The zero-order valence-corrected chi connectivity index (χ0v) is 22.2. The predicted molar refractivity (Wildman–Crippen MR) is 142 cm³/mol. The van der Waals surface area contributed by atoms with Gasteiger partial charge in [0.05, 0.1) is 5.39 Å². The van der Waals surface area contributed by atoms with Gasteiger partial charge in [-0.25, -0.2) is 30.7 Å². The van der Waals surface area contributed by atoms with E-state index in [2.05, 4.69) is 16.6 Å². The van der Waals surface area contributed by atoms with E-state index in [9.17, 15) is 26.3 Å². The largest absolute Gasteiger partial charge is 0.432 e. The number of hydrogen-bond donors (Lipinski definition) is 0. The minimum atomic E-state index is -4.91. The fourth-order valence-electron chi connectivity index (χ4n) is 4.44. The highest BCUT2D eigenvalue weighted by atomic mass is 19.3. The molecular weight excluding hydrogens is 583 g/mol. The first-order chi connectivity index (χ1) is 20.2. The number of alkyl halides is 2. The molecule has 10 heteroatoms. The van der Waals surface area contributed by atoms with E-state index in [1.165, 1.54) is 6.07 Å². The molecule has 0 aliphatic carbocycles. The molecule has 5 aromatic rings. The lowest BCUT2D eigenvalue weighted by Gasteiger charge is -2.21. The highest BCUT2D eigenvalue weighted by molar-refractivity contribution is 5.89. The first-order valence-corrected chi connectivity index (χ1v) is 12.5. The fourth-order valence-corrected chi connectivity index (χ4v) is 4.44. The van der Waals surface area contributed by atoms with Crippen molar-refractivity contribution in [2.75, 3.05) is 0 Å². The number of benzene rings is 5. The number of ether oxygens (including phenoxy) is 1. The first kappa shape index (κ1) is 29.6. The number of rotatable bonds is 4. The standard InChI is InChI=1S/C33H17F9O/c1-16-3-5-18(6-4-16)7-8-19-11-24(34)23(9-17(19)2)20-10-21-13-26(36)30(32(40)29(21)25(35)12-20)33(41,42)43-22-14-27(37)31(39)28(38)15-22/h3-6,9-15H,1-2H3. The summed E-state index contributed by atoms with van der Waals surface area (Å²) < 4.78 is 134. The molecule has 0 bridgehead atoms. The van der Waals surface area contributed by atoms with Crippen LogP contribution in [0.1, 0.15) is 27.8 Å². The van der Waals surface area contributed by atoms with E-state index in [0.29, 0.717) is 28.8 Å². The molecule has 1 nitrogen and oxygen atoms in total. The topological polar surface area (TPSA) is 9.23 Å². The fraction of sp³-hybridized carbons (Fsp3) is 0.0909. The van der Waals surface area contributed by atoms with Crippen LogP contribution in [0, 0.1) is 66.4 Å². The summed E-state index contributed by atoms with van der Waals surface area (Å²) in [5, 5.41) is -1.60. The summed E-state index contributed by atoms with van der Waals surface area (Å²) in [6.45, 7) is 3.55. The zero-order chi connectivity index (χ0) is 31.2. The summed E-state index contributed by atoms with van der Waals surface area (Å²) in [7, 11) is 0. The molecule has 0 aliphatic rings. The number of fused-ring (bicyclic) bond motifs is 1. The summed E-state index contributed by atoms with van der Waals surface area (Å²) in [4.78, 5) is 0. The minimum absolute atomic E-state index is 0.0476. The van der Waals surface area contributed by atoms with Crippen molar-refractivity contribution in [1.29, 1.82) is 0 Å². The van der Waals surface area contributed by atoms with E-state index in [1.807, 2.05) is 19.1 Å². The van der Waals surface area contributed by atoms with Crippen LogP contribution in [0.5, 0.6) is 5.75 Å². The summed E-state index contributed by atoms with van der Waals surface area (Å²) in [6, 6.07) is 12.0. The quantitative estimate of drug-likeness (QED) is 0.113. The normalized spacial score (nSPS) is 11.4.